The van der Waals surface area contributed by atoms with Gasteiger partial charge in [-0.3, -0.25) is 0 Å². The van der Waals surface area contributed by atoms with E-state index in [2.05, 4.69) is 91.0 Å². The van der Waals surface area contributed by atoms with Crippen molar-refractivity contribution in [2.75, 3.05) is 0 Å². The summed E-state index contributed by atoms with van der Waals surface area (Å²) in [4.78, 5) is 15.1. The van der Waals surface area contributed by atoms with E-state index in [1.807, 2.05) is 60.7 Å². The van der Waals surface area contributed by atoms with Crippen molar-refractivity contribution in [2.45, 2.75) is 0 Å². The van der Waals surface area contributed by atoms with Gasteiger partial charge in [-0.25, -0.2) is 15.0 Å². The van der Waals surface area contributed by atoms with Gasteiger partial charge in [0.15, 0.2) is 17.5 Å². The largest absolute Gasteiger partial charge is 0.456 e. The lowest BCUT2D eigenvalue weighted by atomic mass is 9.95. The van der Waals surface area contributed by atoms with Crippen LogP contribution in [0, 0.1) is 0 Å². The number of fused-ring (bicyclic) bond motifs is 6. The minimum atomic E-state index is 0.613. The maximum absolute atomic E-state index is 6.19. The Hall–Kier alpha value is -6.39. The zero-order chi connectivity index (χ0) is 30.9. The van der Waals surface area contributed by atoms with E-state index in [-0.39, 0.29) is 0 Å². The number of furan rings is 1. The van der Waals surface area contributed by atoms with Gasteiger partial charge in [-0.15, -0.1) is 0 Å². The molecule has 0 spiro atoms. The van der Waals surface area contributed by atoms with E-state index < -0.39 is 0 Å². The first-order chi connectivity index (χ1) is 23.3. The van der Waals surface area contributed by atoms with Gasteiger partial charge in [-0.1, -0.05) is 127 Å². The predicted octanol–water partition coefficient (Wildman–Crippen LogP) is 11.2. The fraction of sp³-hybridized carbons (Fsp3) is 0. The monoisotopic (exact) mass is 599 g/mol. The first-order valence-corrected chi connectivity index (χ1v) is 15.8. The lowest BCUT2D eigenvalue weighted by Crippen LogP contribution is -2.00. The van der Waals surface area contributed by atoms with Crippen molar-refractivity contribution in [3.05, 3.63) is 152 Å². The number of benzene rings is 7. The molecular weight excluding hydrogens is 574 g/mol. The van der Waals surface area contributed by atoms with Gasteiger partial charge < -0.3 is 4.42 Å². The summed E-state index contributed by atoms with van der Waals surface area (Å²) in [6.45, 7) is 0. The topological polar surface area (TPSA) is 51.8 Å². The Balaban J connectivity index is 1.11. The second-order valence-electron chi connectivity index (χ2n) is 12.0. The number of rotatable bonds is 4. The van der Waals surface area contributed by atoms with E-state index >= 15 is 0 Å². The molecule has 0 radical (unpaired) electrons. The fourth-order valence-electron chi connectivity index (χ4n) is 7.10. The lowest BCUT2D eigenvalue weighted by Gasteiger charge is -2.11. The zero-order valence-corrected chi connectivity index (χ0v) is 25.2. The van der Waals surface area contributed by atoms with Gasteiger partial charge >= 0.3 is 0 Å². The van der Waals surface area contributed by atoms with Crippen molar-refractivity contribution in [1.82, 2.24) is 15.0 Å². The van der Waals surface area contributed by atoms with Gasteiger partial charge in [0.25, 0.3) is 0 Å². The number of aromatic nitrogens is 3. The molecule has 0 N–H and O–H groups in total. The van der Waals surface area contributed by atoms with Crippen LogP contribution in [-0.2, 0) is 0 Å². The number of para-hydroxylation sites is 1. The highest BCUT2D eigenvalue weighted by atomic mass is 16.3. The second-order valence-corrected chi connectivity index (χ2v) is 12.0. The number of nitrogens with zero attached hydrogens (tertiary/aromatic N) is 3. The summed E-state index contributed by atoms with van der Waals surface area (Å²) >= 11 is 0. The molecule has 9 aromatic rings. The van der Waals surface area contributed by atoms with Crippen molar-refractivity contribution in [3.8, 4) is 67.5 Å². The van der Waals surface area contributed by atoms with Crippen LogP contribution in [0.5, 0.6) is 0 Å². The molecule has 0 saturated carbocycles. The number of hydrogen-bond acceptors (Lipinski definition) is 4. The van der Waals surface area contributed by atoms with Gasteiger partial charge in [-0.05, 0) is 68.4 Å². The summed E-state index contributed by atoms with van der Waals surface area (Å²) in [5, 5.41) is 4.63. The van der Waals surface area contributed by atoms with Crippen molar-refractivity contribution >= 4 is 32.7 Å². The standard InChI is InChI=1S/C43H25N3O/c1-2-10-27(11-3-1)41-44-42(46-43(45-41)35-17-9-19-38-40(35)34-15-6-7-18-37(34)47-38)28-22-20-26(21-23-28)30-24-29-12-8-16-33-31-13-4-5-14-32(31)36(25-30)39(29)33/h1-25H. The van der Waals surface area contributed by atoms with Crippen LogP contribution in [-0.4, -0.2) is 15.0 Å². The highest BCUT2D eigenvalue weighted by molar-refractivity contribution is 6.16. The van der Waals surface area contributed by atoms with Crippen LogP contribution in [0.1, 0.15) is 0 Å². The average molecular weight is 600 g/mol. The maximum Gasteiger partial charge on any atom is 0.164 e. The first-order valence-electron chi connectivity index (χ1n) is 15.8. The molecule has 2 heterocycles. The van der Waals surface area contributed by atoms with E-state index in [1.54, 1.807) is 0 Å². The zero-order valence-electron chi connectivity index (χ0n) is 25.2. The molecule has 4 nitrogen and oxygen atoms in total. The molecule has 0 bridgehead atoms. The van der Waals surface area contributed by atoms with Crippen LogP contribution in [0.25, 0.3) is 100 Å². The predicted molar refractivity (Wildman–Crippen MR) is 191 cm³/mol. The highest BCUT2D eigenvalue weighted by Gasteiger charge is 2.22. The lowest BCUT2D eigenvalue weighted by molar-refractivity contribution is 0.669. The van der Waals surface area contributed by atoms with Crippen LogP contribution < -0.4 is 0 Å². The third-order valence-electron chi connectivity index (χ3n) is 9.27. The molecule has 10 rings (SSSR count). The molecule has 0 fully saturated rings. The molecule has 1 aliphatic rings. The summed E-state index contributed by atoms with van der Waals surface area (Å²) in [6.07, 6.45) is 0. The van der Waals surface area contributed by atoms with Crippen molar-refractivity contribution < 1.29 is 4.42 Å². The van der Waals surface area contributed by atoms with Crippen LogP contribution in [0.4, 0.5) is 0 Å². The van der Waals surface area contributed by atoms with Gasteiger partial charge in [0.1, 0.15) is 11.2 Å². The minimum Gasteiger partial charge on any atom is -0.456 e. The summed E-state index contributed by atoms with van der Waals surface area (Å²) in [7, 11) is 0. The van der Waals surface area contributed by atoms with E-state index in [0.717, 1.165) is 44.2 Å². The summed E-state index contributed by atoms with van der Waals surface area (Å²) in [5.74, 6) is 1.87. The maximum atomic E-state index is 6.19. The molecule has 0 saturated heterocycles. The molecule has 0 aliphatic heterocycles. The molecule has 4 heteroatoms. The van der Waals surface area contributed by atoms with Crippen LogP contribution in [0.3, 0.4) is 0 Å². The molecule has 0 atom stereocenters. The Bertz CT molecular complexity index is 2670. The van der Waals surface area contributed by atoms with Gasteiger partial charge in [0, 0.05) is 27.5 Å². The van der Waals surface area contributed by atoms with Gasteiger partial charge in [-0.2, -0.15) is 0 Å². The van der Waals surface area contributed by atoms with Crippen LogP contribution in [0.15, 0.2) is 156 Å². The molecule has 218 valence electrons. The van der Waals surface area contributed by atoms with Crippen molar-refractivity contribution in [3.63, 3.8) is 0 Å². The third-order valence-corrected chi connectivity index (χ3v) is 9.27. The molecule has 1 aliphatic carbocycles. The molecule has 47 heavy (non-hydrogen) atoms. The molecule has 2 aromatic heterocycles. The summed E-state index contributed by atoms with van der Waals surface area (Å²) in [6, 6.07) is 52.8. The summed E-state index contributed by atoms with van der Waals surface area (Å²) < 4.78 is 6.19. The van der Waals surface area contributed by atoms with Gasteiger partial charge in [0.2, 0.25) is 0 Å². The second kappa shape index (κ2) is 10.1. The van der Waals surface area contributed by atoms with Crippen LogP contribution in [0.2, 0.25) is 0 Å². The first kappa shape index (κ1) is 25.9. The van der Waals surface area contributed by atoms with Gasteiger partial charge in [0.05, 0.1) is 0 Å². The molecule has 7 aromatic carbocycles. The quantitative estimate of drug-likeness (QED) is 0.202. The van der Waals surface area contributed by atoms with Crippen LogP contribution >= 0.6 is 0 Å². The van der Waals surface area contributed by atoms with E-state index in [0.29, 0.717) is 17.5 Å². The normalized spacial score (nSPS) is 11.8. The third kappa shape index (κ3) is 4.05. The van der Waals surface area contributed by atoms with Crippen molar-refractivity contribution in [2.24, 2.45) is 0 Å². The molecular formula is C43H25N3O. The van der Waals surface area contributed by atoms with Crippen molar-refractivity contribution in [1.29, 1.82) is 0 Å². The van der Waals surface area contributed by atoms with E-state index in [4.69, 9.17) is 19.4 Å². The Morgan fingerprint density at radius 1 is 0.340 bits per heavy atom. The smallest absolute Gasteiger partial charge is 0.164 e. The molecule has 0 unspecified atom stereocenters. The summed E-state index contributed by atoms with van der Waals surface area (Å²) in [5.41, 5.74) is 12.0. The Morgan fingerprint density at radius 3 is 1.77 bits per heavy atom. The Labute approximate surface area is 270 Å². The Kier molecular flexibility index (Phi) is 5.54. The highest BCUT2D eigenvalue weighted by Crippen LogP contribution is 2.48. The Morgan fingerprint density at radius 2 is 0.936 bits per heavy atom. The fourth-order valence-corrected chi connectivity index (χ4v) is 7.10. The SMILES string of the molecule is c1ccc(-c2nc(-c3ccc(-c4cc5c6c(cccc6c4)-c4ccccc4-5)cc3)nc(-c3cccc4oc5ccccc5c34)n2)cc1. The average Bonchev–Trinajstić information content (AvgIpc) is 3.69. The minimum absolute atomic E-state index is 0.613. The van der Waals surface area contributed by atoms with E-state index in [9.17, 15) is 0 Å². The number of hydrogen-bond donors (Lipinski definition) is 0. The molecule has 0 amide bonds. The van der Waals surface area contributed by atoms with E-state index in [1.165, 1.54) is 38.6 Å².